The van der Waals surface area contributed by atoms with Crippen molar-refractivity contribution < 1.29 is 9.59 Å². The number of carbonyl (C=O) groups is 2. The van der Waals surface area contributed by atoms with Crippen molar-refractivity contribution in [2.75, 3.05) is 5.01 Å². The number of hydrazine groups is 1. The summed E-state index contributed by atoms with van der Waals surface area (Å²) in [7, 11) is 0. The molecule has 2 fully saturated rings. The lowest BCUT2D eigenvalue weighted by atomic mass is 9.64. The fraction of sp³-hybridized carbons (Fsp3) is 0.391. The second kappa shape index (κ2) is 5.95. The van der Waals surface area contributed by atoms with Crippen molar-refractivity contribution in [2.24, 2.45) is 16.2 Å². The van der Waals surface area contributed by atoms with E-state index in [9.17, 15) is 9.59 Å². The van der Waals surface area contributed by atoms with Crippen molar-refractivity contribution in [3.63, 3.8) is 0 Å². The van der Waals surface area contributed by atoms with Crippen LogP contribution in [-0.4, -0.2) is 11.7 Å². The van der Waals surface area contributed by atoms with Gasteiger partial charge in [-0.25, -0.2) is 0 Å². The zero-order valence-corrected chi connectivity index (χ0v) is 16.2. The van der Waals surface area contributed by atoms with Gasteiger partial charge in [-0.2, -0.15) is 0 Å². The van der Waals surface area contributed by atoms with Gasteiger partial charge >= 0.3 is 0 Å². The molecule has 2 bridgehead atoms. The van der Waals surface area contributed by atoms with E-state index in [0.29, 0.717) is 6.42 Å². The minimum absolute atomic E-state index is 0.0604. The Morgan fingerprint density at radius 3 is 1.81 bits per heavy atom. The molecule has 2 aromatic rings. The molecule has 4 rings (SSSR count). The summed E-state index contributed by atoms with van der Waals surface area (Å²) in [6.07, 6.45) is 1.87. The van der Waals surface area contributed by atoms with Gasteiger partial charge in [0.15, 0.2) is 0 Å². The Balaban J connectivity index is 1.71. The largest absolute Gasteiger partial charge is 0.299 e. The molecule has 0 aliphatic heterocycles. The SMILES string of the molecule is CC1(C)[C@]2(C(=O)NN(c3ccccc3)c3ccccc3)CC[C@]1(C)C(=O)C2. The van der Waals surface area contributed by atoms with Crippen molar-refractivity contribution in [1.29, 1.82) is 0 Å². The Bertz CT molecular complexity index is 838. The van der Waals surface area contributed by atoms with Gasteiger partial charge in [-0.3, -0.25) is 20.0 Å². The summed E-state index contributed by atoms with van der Waals surface area (Å²) >= 11 is 0. The Morgan fingerprint density at radius 1 is 0.889 bits per heavy atom. The number of fused-ring (bicyclic) bond motifs is 2. The first-order valence-corrected chi connectivity index (χ1v) is 9.56. The highest BCUT2D eigenvalue weighted by Crippen LogP contribution is 2.70. The third-order valence-corrected chi connectivity index (χ3v) is 7.38. The normalized spacial score (nSPS) is 28.2. The van der Waals surface area contributed by atoms with Crippen LogP contribution in [0.4, 0.5) is 11.4 Å². The maximum absolute atomic E-state index is 13.6. The highest BCUT2D eigenvalue weighted by Gasteiger charge is 2.72. The summed E-state index contributed by atoms with van der Waals surface area (Å²) in [5.41, 5.74) is 3.50. The number of amides is 1. The Hall–Kier alpha value is -2.62. The number of anilines is 2. The van der Waals surface area contributed by atoms with Gasteiger partial charge in [0.25, 0.3) is 0 Å². The molecule has 4 nitrogen and oxygen atoms in total. The summed E-state index contributed by atoms with van der Waals surface area (Å²) in [6.45, 7) is 6.20. The first kappa shape index (κ1) is 17.8. The lowest BCUT2D eigenvalue weighted by Crippen LogP contribution is -2.51. The lowest BCUT2D eigenvalue weighted by molar-refractivity contribution is -0.136. The first-order valence-electron chi connectivity index (χ1n) is 9.56. The van der Waals surface area contributed by atoms with E-state index in [1.54, 1.807) is 0 Å². The number of nitrogens with one attached hydrogen (secondary N) is 1. The number of Topliss-reactive ketones (excluding diaryl/α,β-unsaturated/α-hetero) is 1. The van der Waals surface area contributed by atoms with Gasteiger partial charge in [-0.15, -0.1) is 0 Å². The predicted molar refractivity (Wildman–Crippen MR) is 106 cm³/mol. The number of carbonyl (C=O) groups excluding carboxylic acids is 2. The van der Waals surface area contributed by atoms with Crippen LogP contribution in [0.2, 0.25) is 0 Å². The summed E-state index contributed by atoms with van der Waals surface area (Å²) in [4.78, 5) is 26.3. The van der Waals surface area contributed by atoms with Crippen LogP contribution in [0.25, 0.3) is 0 Å². The van der Waals surface area contributed by atoms with Crippen LogP contribution in [0.15, 0.2) is 60.7 Å². The van der Waals surface area contributed by atoms with Crippen LogP contribution in [0.1, 0.15) is 40.0 Å². The number of para-hydroxylation sites is 2. The van der Waals surface area contributed by atoms with E-state index in [4.69, 9.17) is 0 Å². The maximum Gasteiger partial charge on any atom is 0.246 e. The fourth-order valence-corrected chi connectivity index (χ4v) is 5.00. The van der Waals surface area contributed by atoms with Crippen molar-refractivity contribution in [3.8, 4) is 0 Å². The van der Waals surface area contributed by atoms with E-state index in [1.807, 2.05) is 72.6 Å². The van der Waals surface area contributed by atoms with Gasteiger partial charge in [0.05, 0.1) is 16.8 Å². The van der Waals surface area contributed by atoms with E-state index in [1.165, 1.54) is 0 Å². The minimum Gasteiger partial charge on any atom is -0.299 e. The molecule has 2 saturated carbocycles. The van der Waals surface area contributed by atoms with Crippen molar-refractivity contribution in [3.05, 3.63) is 60.7 Å². The quantitative estimate of drug-likeness (QED) is 0.806. The smallest absolute Gasteiger partial charge is 0.246 e. The Kier molecular flexibility index (Phi) is 3.91. The molecule has 1 amide bonds. The number of benzene rings is 2. The predicted octanol–water partition coefficient (Wildman–Crippen LogP) is 4.64. The van der Waals surface area contributed by atoms with Crippen LogP contribution in [0.5, 0.6) is 0 Å². The van der Waals surface area contributed by atoms with Crippen LogP contribution >= 0.6 is 0 Å². The average Bonchev–Trinajstić information content (AvgIpc) is 2.97. The molecule has 0 saturated heterocycles. The number of rotatable bonds is 4. The zero-order valence-electron chi connectivity index (χ0n) is 16.2. The number of nitrogens with zero attached hydrogens (tertiary/aromatic N) is 1. The third kappa shape index (κ3) is 2.35. The third-order valence-electron chi connectivity index (χ3n) is 7.38. The zero-order chi connectivity index (χ0) is 19.3. The van der Waals surface area contributed by atoms with E-state index in [0.717, 1.165) is 24.2 Å². The van der Waals surface area contributed by atoms with Crippen LogP contribution < -0.4 is 10.4 Å². The van der Waals surface area contributed by atoms with Gasteiger partial charge in [0, 0.05) is 11.8 Å². The molecule has 2 aromatic carbocycles. The first-order chi connectivity index (χ1) is 12.8. The van der Waals surface area contributed by atoms with Crippen LogP contribution in [0, 0.1) is 16.2 Å². The number of ketones is 1. The van der Waals surface area contributed by atoms with Crippen LogP contribution in [-0.2, 0) is 9.59 Å². The Labute approximate surface area is 160 Å². The van der Waals surface area contributed by atoms with Gasteiger partial charge in [-0.1, -0.05) is 57.2 Å². The maximum atomic E-state index is 13.6. The van der Waals surface area contributed by atoms with E-state index in [-0.39, 0.29) is 17.1 Å². The molecule has 2 aliphatic carbocycles. The van der Waals surface area contributed by atoms with Gasteiger partial charge in [-0.05, 0) is 42.5 Å². The standard InChI is InChI=1S/C23H26N2O2/c1-21(2)22(3)14-15-23(21,16-19(22)26)20(27)24-25(17-10-6-4-7-11-17)18-12-8-5-9-13-18/h4-13H,14-16H2,1-3H3,(H,24,27)/t22-,23-/m1/s1. The molecule has 0 heterocycles. The van der Waals surface area contributed by atoms with Gasteiger partial charge < -0.3 is 0 Å². The molecule has 27 heavy (non-hydrogen) atoms. The molecule has 4 heteroatoms. The van der Waals surface area contributed by atoms with Gasteiger partial charge in [0.2, 0.25) is 5.91 Å². The molecular formula is C23H26N2O2. The second-order valence-corrected chi connectivity index (χ2v) is 8.59. The topological polar surface area (TPSA) is 49.4 Å². The molecule has 1 N–H and O–H groups in total. The second-order valence-electron chi connectivity index (χ2n) is 8.59. The van der Waals surface area contributed by atoms with Crippen molar-refractivity contribution in [1.82, 2.24) is 5.43 Å². The summed E-state index contributed by atoms with van der Waals surface area (Å²) in [5.74, 6) is 0.162. The van der Waals surface area contributed by atoms with Crippen molar-refractivity contribution >= 4 is 23.1 Å². The molecule has 0 radical (unpaired) electrons. The monoisotopic (exact) mass is 362 g/mol. The van der Waals surface area contributed by atoms with Crippen LogP contribution in [0.3, 0.4) is 0 Å². The molecule has 0 spiro atoms. The van der Waals surface area contributed by atoms with E-state index >= 15 is 0 Å². The molecule has 2 aliphatic rings. The summed E-state index contributed by atoms with van der Waals surface area (Å²) in [6, 6.07) is 19.6. The number of hydrogen-bond donors (Lipinski definition) is 1. The lowest BCUT2D eigenvalue weighted by Gasteiger charge is -2.40. The molecular weight excluding hydrogens is 336 g/mol. The molecule has 0 unspecified atom stereocenters. The summed E-state index contributed by atoms with van der Waals surface area (Å²) in [5, 5.41) is 1.83. The molecule has 0 aromatic heterocycles. The van der Waals surface area contributed by atoms with Crippen molar-refractivity contribution in [2.45, 2.75) is 40.0 Å². The highest BCUT2D eigenvalue weighted by molar-refractivity contribution is 6.00. The molecule has 140 valence electrons. The Morgan fingerprint density at radius 2 is 1.41 bits per heavy atom. The van der Waals surface area contributed by atoms with E-state index < -0.39 is 10.8 Å². The number of hydrogen-bond acceptors (Lipinski definition) is 3. The molecule has 2 atom stereocenters. The van der Waals surface area contributed by atoms with Gasteiger partial charge in [0.1, 0.15) is 5.78 Å². The fourth-order valence-electron chi connectivity index (χ4n) is 5.00. The average molecular weight is 362 g/mol. The van der Waals surface area contributed by atoms with E-state index in [2.05, 4.69) is 19.3 Å². The minimum atomic E-state index is -0.652. The highest BCUT2D eigenvalue weighted by atomic mass is 16.2. The summed E-state index contributed by atoms with van der Waals surface area (Å²) < 4.78 is 0.